The third-order valence-corrected chi connectivity index (χ3v) is 17.0. The van der Waals surface area contributed by atoms with Crippen LogP contribution in [0, 0.1) is 0 Å². The van der Waals surface area contributed by atoms with E-state index in [1.54, 1.807) is 0 Å². The van der Waals surface area contributed by atoms with Crippen molar-refractivity contribution >= 4 is 17.1 Å². The molecule has 150 valence electrons. The molecule has 4 nitrogen and oxygen atoms in total. The summed E-state index contributed by atoms with van der Waals surface area (Å²) in [6, 6.07) is 0. The molecule has 1 aliphatic carbocycles. The van der Waals surface area contributed by atoms with Crippen LogP contribution in [0.15, 0.2) is 12.3 Å². The topological polar surface area (TPSA) is 36.9 Å². The Balaban J connectivity index is 2.15. The quantitative estimate of drug-likeness (QED) is 0.563. The normalized spacial score (nSPS) is 35.5. The summed E-state index contributed by atoms with van der Waals surface area (Å²) in [5, 5.41) is 0. The van der Waals surface area contributed by atoms with E-state index >= 15 is 0 Å². The van der Waals surface area contributed by atoms with Crippen LogP contribution in [0.1, 0.15) is 74.7 Å². The van der Waals surface area contributed by atoms with Gasteiger partial charge in [0, 0.05) is 0 Å². The molecule has 0 N–H and O–H groups in total. The van der Waals surface area contributed by atoms with E-state index in [1.807, 2.05) is 6.26 Å². The first kappa shape index (κ1) is 20.6. The number of ether oxygens (including phenoxy) is 1. The van der Waals surface area contributed by atoms with Gasteiger partial charge in [-0.1, -0.05) is 55.4 Å². The molecule has 0 bridgehead atoms. The van der Waals surface area contributed by atoms with Crippen molar-refractivity contribution in [3.8, 4) is 0 Å². The Morgan fingerprint density at radius 2 is 1.38 bits per heavy atom. The Labute approximate surface area is 162 Å². The number of hydrogen-bond donors (Lipinski definition) is 0. The standard InChI is InChI=1S/C20H38O4Si2/c1-14(2)25(15(3)4)22-18-10-9-12-20(18)19(11-13-21-20)23-26(24-25,16(5)6)17(7)8/h11,13-19H,9-10,12H2,1-8H3/t18-,19-,20-/m0/s1. The van der Waals surface area contributed by atoms with Crippen molar-refractivity contribution in [2.24, 2.45) is 0 Å². The molecule has 0 aromatic carbocycles. The van der Waals surface area contributed by atoms with Crippen LogP contribution in [-0.4, -0.2) is 34.9 Å². The molecule has 0 unspecified atom stereocenters. The highest BCUT2D eigenvalue weighted by Gasteiger charge is 2.65. The summed E-state index contributed by atoms with van der Waals surface area (Å²) >= 11 is 0. The second-order valence-electron chi connectivity index (χ2n) is 9.60. The van der Waals surface area contributed by atoms with Crippen LogP contribution < -0.4 is 0 Å². The molecule has 3 rings (SSSR count). The minimum absolute atomic E-state index is 0.0437. The van der Waals surface area contributed by atoms with E-state index < -0.39 is 17.1 Å². The first-order chi connectivity index (χ1) is 12.1. The van der Waals surface area contributed by atoms with Gasteiger partial charge >= 0.3 is 17.1 Å². The molecule has 6 heteroatoms. The lowest BCUT2D eigenvalue weighted by Gasteiger charge is -2.54. The maximum Gasteiger partial charge on any atom is 0.335 e. The molecule has 0 amide bonds. The van der Waals surface area contributed by atoms with Gasteiger partial charge in [-0.25, -0.2) is 0 Å². The minimum Gasteiger partial charge on any atom is -0.489 e. The van der Waals surface area contributed by atoms with Gasteiger partial charge in [0.2, 0.25) is 0 Å². The van der Waals surface area contributed by atoms with Gasteiger partial charge in [-0.2, -0.15) is 0 Å². The zero-order chi connectivity index (χ0) is 19.3. The van der Waals surface area contributed by atoms with Crippen molar-refractivity contribution in [3.63, 3.8) is 0 Å². The van der Waals surface area contributed by atoms with Crippen molar-refractivity contribution in [3.05, 3.63) is 12.3 Å². The molecular weight excluding hydrogens is 360 g/mol. The van der Waals surface area contributed by atoms with Crippen LogP contribution in [0.2, 0.25) is 22.2 Å². The van der Waals surface area contributed by atoms with Crippen LogP contribution in [0.25, 0.3) is 0 Å². The lowest BCUT2D eigenvalue weighted by atomic mass is 9.94. The minimum atomic E-state index is -2.53. The molecule has 0 aromatic rings. The van der Waals surface area contributed by atoms with Crippen LogP contribution in [0.3, 0.4) is 0 Å². The van der Waals surface area contributed by atoms with E-state index in [4.69, 9.17) is 17.7 Å². The monoisotopic (exact) mass is 398 g/mol. The van der Waals surface area contributed by atoms with Gasteiger partial charge < -0.3 is 17.7 Å². The fourth-order valence-corrected chi connectivity index (χ4v) is 16.6. The summed E-state index contributed by atoms with van der Waals surface area (Å²) < 4.78 is 27.7. The van der Waals surface area contributed by atoms with Crippen LogP contribution >= 0.6 is 0 Å². The summed E-state index contributed by atoms with van der Waals surface area (Å²) in [5.74, 6) is 0. The van der Waals surface area contributed by atoms with E-state index in [0.29, 0.717) is 22.2 Å². The predicted octanol–water partition coefficient (Wildman–Crippen LogP) is 5.78. The van der Waals surface area contributed by atoms with Crippen LogP contribution in [0.4, 0.5) is 0 Å². The van der Waals surface area contributed by atoms with E-state index in [0.717, 1.165) is 19.3 Å². The molecule has 1 spiro atoms. The Bertz CT molecular complexity index is 530. The summed E-state index contributed by atoms with van der Waals surface area (Å²) in [6.07, 6.45) is 7.17. The van der Waals surface area contributed by atoms with E-state index in [9.17, 15) is 0 Å². The molecule has 26 heavy (non-hydrogen) atoms. The van der Waals surface area contributed by atoms with E-state index in [2.05, 4.69) is 61.5 Å². The Morgan fingerprint density at radius 1 is 0.846 bits per heavy atom. The van der Waals surface area contributed by atoms with Crippen molar-refractivity contribution in [1.82, 2.24) is 0 Å². The molecule has 0 radical (unpaired) electrons. The third kappa shape index (κ3) is 2.87. The third-order valence-electron chi connectivity index (χ3n) is 6.78. The molecule has 3 atom stereocenters. The largest absolute Gasteiger partial charge is 0.489 e. The molecule has 1 saturated carbocycles. The summed E-state index contributed by atoms with van der Waals surface area (Å²) in [4.78, 5) is 0. The lowest BCUT2D eigenvalue weighted by molar-refractivity contribution is -0.113. The molecule has 2 aliphatic heterocycles. The van der Waals surface area contributed by atoms with E-state index in [1.165, 1.54) is 0 Å². The average molecular weight is 399 g/mol. The highest BCUT2D eigenvalue weighted by molar-refractivity contribution is 6.84. The van der Waals surface area contributed by atoms with Gasteiger partial charge in [-0.15, -0.1) is 0 Å². The van der Waals surface area contributed by atoms with Crippen LogP contribution in [-0.2, 0) is 17.7 Å². The van der Waals surface area contributed by atoms with Gasteiger partial charge in [0.1, 0.15) is 6.10 Å². The fourth-order valence-electron chi connectivity index (χ4n) is 5.26. The highest BCUT2D eigenvalue weighted by atomic mass is 28.5. The second kappa shape index (κ2) is 7.03. The molecule has 2 fully saturated rings. The summed E-state index contributed by atoms with van der Waals surface area (Å²) in [5.41, 5.74) is 1.13. The Morgan fingerprint density at radius 3 is 1.92 bits per heavy atom. The van der Waals surface area contributed by atoms with Gasteiger partial charge in [-0.3, -0.25) is 0 Å². The maximum atomic E-state index is 7.27. The first-order valence-electron chi connectivity index (χ1n) is 10.5. The Kier molecular flexibility index (Phi) is 5.57. The molecular formula is C20H38O4Si2. The highest BCUT2D eigenvalue weighted by Crippen LogP contribution is 2.53. The smallest absolute Gasteiger partial charge is 0.335 e. The predicted molar refractivity (Wildman–Crippen MR) is 110 cm³/mol. The van der Waals surface area contributed by atoms with Gasteiger partial charge in [0.15, 0.2) is 5.60 Å². The summed E-state index contributed by atoms with van der Waals surface area (Å²) in [7, 11) is -5.03. The fraction of sp³-hybridized carbons (Fsp3) is 0.900. The lowest BCUT2D eigenvalue weighted by Crippen LogP contribution is -2.68. The second-order valence-corrected chi connectivity index (χ2v) is 18.4. The SMILES string of the molecule is CC(C)[Si]1(C(C)C)O[C@H]2C=CO[C@]23CCC[C@@H]3O[Si](C(C)C)(C(C)C)O1. The number of hydrogen-bond acceptors (Lipinski definition) is 4. The Hall–Kier alpha value is -0.146. The molecule has 2 heterocycles. The van der Waals surface area contributed by atoms with Gasteiger partial charge in [0.05, 0.1) is 12.4 Å². The van der Waals surface area contributed by atoms with Crippen molar-refractivity contribution in [2.75, 3.05) is 0 Å². The van der Waals surface area contributed by atoms with Crippen LogP contribution in [0.5, 0.6) is 0 Å². The average Bonchev–Trinajstić information content (AvgIpc) is 3.10. The van der Waals surface area contributed by atoms with Gasteiger partial charge in [-0.05, 0) is 47.5 Å². The molecule has 3 aliphatic rings. The zero-order valence-corrected chi connectivity index (χ0v) is 19.9. The number of rotatable bonds is 4. The molecule has 0 aromatic heterocycles. The molecule has 1 saturated heterocycles. The van der Waals surface area contributed by atoms with E-state index in [-0.39, 0.29) is 17.8 Å². The zero-order valence-electron chi connectivity index (χ0n) is 17.9. The summed E-state index contributed by atoms with van der Waals surface area (Å²) in [6.45, 7) is 18.2. The van der Waals surface area contributed by atoms with Crippen molar-refractivity contribution < 1.29 is 17.7 Å². The maximum absolute atomic E-state index is 7.27. The van der Waals surface area contributed by atoms with Crippen molar-refractivity contribution in [1.29, 1.82) is 0 Å². The van der Waals surface area contributed by atoms with Crippen molar-refractivity contribution in [2.45, 2.75) is 115 Å². The van der Waals surface area contributed by atoms with Gasteiger partial charge in [0.25, 0.3) is 0 Å². The first-order valence-corrected chi connectivity index (χ1v) is 14.4.